The zero-order chi connectivity index (χ0) is 18.1. The first-order chi connectivity index (χ1) is 12.6. The molecule has 9 heteroatoms. The Morgan fingerprint density at radius 3 is 2.92 bits per heavy atom. The summed E-state index contributed by atoms with van der Waals surface area (Å²) in [5.74, 6) is 0.494. The number of alkyl halides is 1. The minimum Gasteiger partial charge on any atom is -0.325 e. The third kappa shape index (κ3) is 3.45. The summed E-state index contributed by atoms with van der Waals surface area (Å²) in [6.45, 7) is 2.68. The normalized spacial score (nSPS) is 15.2. The SMILES string of the molecule is Cc1cnc(Nc2cc(CN)ns2)nc1-c1cnn(CC2(CF)CC2)c1. The molecule has 0 unspecified atom stereocenters. The number of hydrogen-bond acceptors (Lipinski definition) is 7. The Morgan fingerprint density at radius 2 is 2.23 bits per heavy atom. The van der Waals surface area contributed by atoms with E-state index >= 15 is 0 Å². The van der Waals surface area contributed by atoms with E-state index in [4.69, 9.17) is 5.73 Å². The third-order valence-corrected chi connectivity index (χ3v) is 5.36. The van der Waals surface area contributed by atoms with Crippen molar-refractivity contribution in [1.29, 1.82) is 0 Å². The largest absolute Gasteiger partial charge is 0.325 e. The number of rotatable bonds is 7. The molecule has 0 saturated heterocycles. The summed E-state index contributed by atoms with van der Waals surface area (Å²) in [4.78, 5) is 8.95. The van der Waals surface area contributed by atoms with Crippen LogP contribution in [-0.2, 0) is 13.1 Å². The number of nitrogens with one attached hydrogen (secondary N) is 1. The minimum absolute atomic E-state index is 0.205. The molecule has 136 valence electrons. The van der Waals surface area contributed by atoms with Gasteiger partial charge in [-0.15, -0.1) is 0 Å². The van der Waals surface area contributed by atoms with Crippen LogP contribution in [-0.4, -0.2) is 30.8 Å². The summed E-state index contributed by atoms with van der Waals surface area (Å²) < 4.78 is 19.2. The Labute approximate surface area is 154 Å². The maximum absolute atomic E-state index is 13.1. The van der Waals surface area contributed by atoms with Gasteiger partial charge in [-0.1, -0.05) is 0 Å². The van der Waals surface area contributed by atoms with Crippen LogP contribution in [0.1, 0.15) is 24.1 Å². The van der Waals surface area contributed by atoms with Gasteiger partial charge in [0.15, 0.2) is 0 Å². The molecule has 3 aromatic heterocycles. The van der Waals surface area contributed by atoms with Crippen LogP contribution in [0.4, 0.5) is 15.3 Å². The summed E-state index contributed by atoms with van der Waals surface area (Å²) in [5, 5.41) is 8.39. The number of halogens is 1. The number of nitrogens with two attached hydrogens (primary N) is 1. The van der Waals surface area contributed by atoms with Crippen molar-refractivity contribution in [2.24, 2.45) is 11.1 Å². The van der Waals surface area contributed by atoms with Crippen molar-refractivity contribution >= 4 is 22.5 Å². The highest BCUT2D eigenvalue weighted by atomic mass is 32.1. The van der Waals surface area contributed by atoms with Crippen molar-refractivity contribution in [3.8, 4) is 11.3 Å². The molecular weight excluding hydrogens is 353 g/mol. The molecule has 4 rings (SSSR count). The lowest BCUT2D eigenvalue weighted by molar-refractivity contribution is 0.294. The van der Waals surface area contributed by atoms with Gasteiger partial charge >= 0.3 is 0 Å². The van der Waals surface area contributed by atoms with E-state index in [-0.39, 0.29) is 12.1 Å². The van der Waals surface area contributed by atoms with Crippen LogP contribution in [0.3, 0.4) is 0 Å². The second-order valence-corrected chi connectivity index (χ2v) is 7.60. The second-order valence-electron chi connectivity index (χ2n) is 6.80. The van der Waals surface area contributed by atoms with Gasteiger partial charge in [0.2, 0.25) is 5.95 Å². The van der Waals surface area contributed by atoms with E-state index in [2.05, 4.69) is 24.8 Å². The molecule has 1 aliphatic rings. The molecule has 0 bridgehead atoms. The zero-order valence-electron chi connectivity index (χ0n) is 14.4. The minimum atomic E-state index is -0.289. The summed E-state index contributed by atoms with van der Waals surface area (Å²) in [5.41, 5.74) is 8.87. The van der Waals surface area contributed by atoms with Gasteiger partial charge in [0, 0.05) is 36.5 Å². The first-order valence-electron chi connectivity index (χ1n) is 8.46. The molecule has 0 spiro atoms. The average Bonchev–Trinajstić information content (AvgIpc) is 3.04. The predicted molar refractivity (Wildman–Crippen MR) is 98.9 cm³/mol. The van der Waals surface area contributed by atoms with Crippen LogP contribution in [0.15, 0.2) is 24.7 Å². The fourth-order valence-electron chi connectivity index (χ4n) is 2.80. The summed E-state index contributed by atoms with van der Waals surface area (Å²) >= 11 is 1.32. The van der Waals surface area contributed by atoms with Crippen molar-refractivity contribution in [3.05, 3.63) is 35.9 Å². The average molecular weight is 373 g/mol. The van der Waals surface area contributed by atoms with E-state index in [1.165, 1.54) is 11.5 Å². The smallest absolute Gasteiger partial charge is 0.228 e. The highest BCUT2D eigenvalue weighted by molar-refractivity contribution is 7.10. The van der Waals surface area contributed by atoms with Crippen molar-refractivity contribution in [2.45, 2.75) is 32.9 Å². The standard InChI is InChI=1S/C17H20FN7S/c1-11-6-20-16(22-14-4-13(5-19)24-26-14)23-15(11)12-7-21-25(8-12)10-17(9-18)2-3-17/h4,6-8H,2-3,5,9-10,19H2,1H3,(H,20,22,23). The van der Waals surface area contributed by atoms with Gasteiger partial charge < -0.3 is 11.1 Å². The topological polar surface area (TPSA) is 94.5 Å². The van der Waals surface area contributed by atoms with Crippen molar-refractivity contribution in [3.63, 3.8) is 0 Å². The van der Waals surface area contributed by atoms with Crippen LogP contribution in [0.2, 0.25) is 0 Å². The molecule has 0 aliphatic heterocycles. The molecule has 0 atom stereocenters. The molecule has 1 fully saturated rings. The molecule has 3 aromatic rings. The van der Waals surface area contributed by atoms with Gasteiger partial charge in [-0.2, -0.15) is 9.47 Å². The van der Waals surface area contributed by atoms with E-state index in [1.807, 2.05) is 23.9 Å². The van der Waals surface area contributed by atoms with Crippen LogP contribution in [0.25, 0.3) is 11.3 Å². The van der Waals surface area contributed by atoms with Gasteiger partial charge in [-0.3, -0.25) is 9.07 Å². The van der Waals surface area contributed by atoms with Crippen LogP contribution in [0.5, 0.6) is 0 Å². The number of hydrogen-bond donors (Lipinski definition) is 2. The van der Waals surface area contributed by atoms with Crippen LogP contribution >= 0.6 is 11.5 Å². The second kappa shape index (κ2) is 6.73. The molecule has 7 nitrogen and oxygen atoms in total. The molecule has 0 radical (unpaired) electrons. The lowest BCUT2D eigenvalue weighted by atomic mass is 10.1. The van der Waals surface area contributed by atoms with Crippen molar-refractivity contribution < 1.29 is 4.39 Å². The Bertz CT molecular complexity index is 915. The third-order valence-electron chi connectivity index (χ3n) is 4.62. The lowest BCUT2D eigenvalue weighted by Gasteiger charge is -2.09. The molecule has 26 heavy (non-hydrogen) atoms. The molecular formula is C17H20FN7S. The summed E-state index contributed by atoms with van der Waals surface area (Å²) in [6.07, 6.45) is 7.33. The maximum atomic E-state index is 13.1. The van der Waals surface area contributed by atoms with E-state index in [0.29, 0.717) is 19.0 Å². The zero-order valence-corrected chi connectivity index (χ0v) is 15.3. The molecule has 3 N–H and O–H groups in total. The highest BCUT2D eigenvalue weighted by Crippen LogP contribution is 2.47. The molecule has 0 aromatic carbocycles. The lowest BCUT2D eigenvalue weighted by Crippen LogP contribution is -2.13. The Kier molecular flexibility index (Phi) is 4.41. The quantitative estimate of drug-likeness (QED) is 0.661. The Hall–Kier alpha value is -2.39. The monoisotopic (exact) mass is 373 g/mol. The van der Waals surface area contributed by atoms with Gasteiger partial charge in [0.25, 0.3) is 0 Å². The molecule has 1 aliphatic carbocycles. The first kappa shape index (κ1) is 17.0. The molecule has 0 amide bonds. The Morgan fingerprint density at radius 1 is 1.38 bits per heavy atom. The van der Waals surface area contributed by atoms with Crippen LogP contribution in [0, 0.1) is 12.3 Å². The van der Waals surface area contributed by atoms with E-state index in [0.717, 1.165) is 40.4 Å². The van der Waals surface area contributed by atoms with Crippen molar-refractivity contribution in [1.82, 2.24) is 24.1 Å². The van der Waals surface area contributed by atoms with Gasteiger partial charge in [0.1, 0.15) is 5.00 Å². The fraction of sp³-hybridized carbons (Fsp3) is 0.412. The van der Waals surface area contributed by atoms with Gasteiger partial charge in [-0.05, 0) is 42.9 Å². The number of nitrogens with zero attached hydrogens (tertiary/aromatic N) is 5. The van der Waals surface area contributed by atoms with E-state index < -0.39 is 0 Å². The van der Waals surface area contributed by atoms with E-state index in [9.17, 15) is 4.39 Å². The van der Waals surface area contributed by atoms with E-state index in [1.54, 1.807) is 12.4 Å². The van der Waals surface area contributed by atoms with Crippen molar-refractivity contribution in [2.75, 3.05) is 12.0 Å². The van der Waals surface area contributed by atoms with Crippen LogP contribution < -0.4 is 11.1 Å². The number of anilines is 2. The summed E-state index contributed by atoms with van der Waals surface area (Å²) in [7, 11) is 0. The highest BCUT2D eigenvalue weighted by Gasteiger charge is 2.43. The fourth-order valence-corrected chi connectivity index (χ4v) is 3.47. The number of aromatic nitrogens is 5. The van der Waals surface area contributed by atoms with Gasteiger partial charge in [0.05, 0.1) is 24.3 Å². The van der Waals surface area contributed by atoms with Gasteiger partial charge in [-0.25, -0.2) is 9.97 Å². The predicted octanol–water partition coefficient (Wildman–Crippen LogP) is 3.06. The maximum Gasteiger partial charge on any atom is 0.228 e. The Balaban J connectivity index is 1.55. The first-order valence-corrected chi connectivity index (χ1v) is 9.23. The molecule has 3 heterocycles. The molecule has 1 saturated carbocycles. The number of aryl methyl sites for hydroxylation is 1. The summed E-state index contributed by atoms with van der Waals surface area (Å²) in [6, 6.07) is 1.89.